The van der Waals surface area contributed by atoms with Crippen LogP contribution in [-0.2, 0) is 9.53 Å². The topological polar surface area (TPSA) is 44.8 Å². The predicted molar refractivity (Wildman–Crippen MR) is 71.6 cm³/mol. The van der Waals surface area contributed by atoms with Gasteiger partial charge in [0.2, 0.25) is 0 Å². The highest BCUT2D eigenvalue weighted by molar-refractivity contribution is 5.78. The predicted octanol–water partition coefficient (Wildman–Crippen LogP) is 2.76. The number of methoxy groups -OCH3 is 1. The molecule has 4 heteroatoms. The van der Waals surface area contributed by atoms with Crippen molar-refractivity contribution in [3.8, 4) is 11.5 Å². The van der Waals surface area contributed by atoms with Crippen LogP contribution < -0.4 is 9.47 Å². The highest BCUT2D eigenvalue weighted by Gasteiger charge is 2.24. The van der Waals surface area contributed by atoms with Gasteiger partial charge in [-0.1, -0.05) is 19.9 Å². The number of ether oxygens (including phenoxy) is 3. The largest absolute Gasteiger partial charge is 0.486 e. The maximum absolute atomic E-state index is 11.9. The molecule has 1 aromatic carbocycles. The van der Waals surface area contributed by atoms with Gasteiger partial charge in [0.05, 0.1) is 13.0 Å². The molecule has 0 N–H and O–H groups in total. The molecule has 104 valence electrons. The molecule has 0 fully saturated rings. The first-order valence-electron chi connectivity index (χ1n) is 6.59. The van der Waals surface area contributed by atoms with E-state index in [1.165, 1.54) is 7.11 Å². The number of rotatable bonds is 4. The van der Waals surface area contributed by atoms with Gasteiger partial charge in [0.1, 0.15) is 13.2 Å². The molecule has 0 spiro atoms. The molecule has 0 saturated carbocycles. The van der Waals surface area contributed by atoms with Gasteiger partial charge in [0.15, 0.2) is 11.5 Å². The van der Waals surface area contributed by atoms with Gasteiger partial charge in [-0.25, -0.2) is 0 Å². The zero-order chi connectivity index (χ0) is 13.8. The Labute approximate surface area is 113 Å². The molecule has 2 rings (SSSR count). The lowest BCUT2D eigenvalue weighted by molar-refractivity contribution is -0.142. The number of carbonyl (C=O) groups excluding carboxylic acids is 1. The quantitative estimate of drug-likeness (QED) is 0.784. The van der Waals surface area contributed by atoms with E-state index in [0.29, 0.717) is 24.9 Å². The maximum atomic E-state index is 11.9. The summed E-state index contributed by atoms with van der Waals surface area (Å²) in [6.07, 6.45) is 0.756. The highest BCUT2D eigenvalue weighted by Crippen LogP contribution is 2.35. The van der Waals surface area contributed by atoms with Crippen LogP contribution in [0.15, 0.2) is 18.2 Å². The lowest BCUT2D eigenvalue weighted by atomic mass is 9.90. The van der Waals surface area contributed by atoms with Gasteiger partial charge in [0.25, 0.3) is 0 Å². The molecule has 0 saturated heterocycles. The Bertz CT molecular complexity index is 453. The molecule has 19 heavy (non-hydrogen) atoms. The van der Waals surface area contributed by atoms with Gasteiger partial charge >= 0.3 is 5.97 Å². The Balaban J connectivity index is 2.28. The van der Waals surface area contributed by atoms with Crippen molar-refractivity contribution in [2.75, 3.05) is 20.3 Å². The van der Waals surface area contributed by atoms with Crippen LogP contribution in [0, 0.1) is 5.92 Å². The second-order valence-corrected chi connectivity index (χ2v) is 5.11. The third-order valence-corrected chi connectivity index (χ3v) is 3.16. The molecule has 1 aliphatic rings. The fourth-order valence-corrected chi connectivity index (χ4v) is 2.26. The molecule has 1 aliphatic heterocycles. The van der Waals surface area contributed by atoms with Crippen LogP contribution in [-0.4, -0.2) is 26.3 Å². The zero-order valence-electron chi connectivity index (χ0n) is 11.6. The van der Waals surface area contributed by atoms with Crippen molar-refractivity contribution < 1.29 is 19.0 Å². The Hall–Kier alpha value is -1.71. The van der Waals surface area contributed by atoms with Gasteiger partial charge < -0.3 is 14.2 Å². The number of fused-ring (bicyclic) bond motifs is 1. The lowest BCUT2D eigenvalue weighted by Crippen LogP contribution is -2.18. The van der Waals surface area contributed by atoms with E-state index in [2.05, 4.69) is 13.8 Å². The summed E-state index contributed by atoms with van der Waals surface area (Å²) in [5, 5.41) is 0. The summed E-state index contributed by atoms with van der Waals surface area (Å²) in [7, 11) is 1.42. The van der Waals surface area contributed by atoms with Crippen molar-refractivity contribution in [1.29, 1.82) is 0 Å². The first-order chi connectivity index (χ1) is 9.11. The molecular weight excluding hydrogens is 244 g/mol. The van der Waals surface area contributed by atoms with E-state index in [4.69, 9.17) is 14.2 Å². The molecule has 1 heterocycles. The van der Waals surface area contributed by atoms with Crippen molar-refractivity contribution in [3.05, 3.63) is 23.8 Å². The lowest BCUT2D eigenvalue weighted by Gasteiger charge is -2.22. The van der Waals surface area contributed by atoms with Crippen LogP contribution in [0.25, 0.3) is 0 Å². The molecule has 1 aromatic rings. The standard InChI is InChI=1S/C15H20O4/c1-10(2)8-12(15(16)17-3)11-4-5-13-14(9-11)19-7-6-18-13/h4-5,9-10,12H,6-8H2,1-3H3. The SMILES string of the molecule is COC(=O)C(CC(C)C)c1ccc2c(c1)OCCO2. The van der Waals surface area contributed by atoms with Crippen molar-refractivity contribution in [1.82, 2.24) is 0 Å². The minimum absolute atomic E-state index is 0.203. The molecule has 1 unspecified atom stereocenters. The normalized spacial score (nSPS) is 15.2. The number of esters is 1. The van der Waals surface area contributed by atoms with Gasteiger partial charge in [-0.3, -0.25) is 4.79 Å². The minimum atomic E-state index is -0.249. The van der Waals surface area contributed by atoms with E-state index in [1.54, 1.807) is 0 Å². The van der Waals surface area contributed by atoms with E-state index in [9.17, 15) is 4.79 Å². The van der Waals surface area contributed by atoms with Crippen molar-refractivity contribution in [3.63, 3.8) is 0 Å². The fourth-order valence-electron chi connectivity index (χ4n) is 2.26. The first kappa shape index (κ1) is 13.7. The minimum Gasteiger partial charge on any atom is -0.486 e. The Morgan fingerprint density at radius 3 is 2.58 bits per heavy atom. The molecule has 0 aromatic heterocycles. The monoisotopic (exact) mass is 264 g/mol. The summed E-state index contributed by atoms with van der Waals surface area (Å²) in [5.74, 6) is 1.41. The number of benzene rings is 1. The van der Waals surface area contributed by atoms with Gasteiger partial charge in [-0.15, -0.1) is 0 Å². The smallest absolute Gasteiger partial charge is 0.313 e. The second-order valence-electron chi connectivity index (χ2n) is 5.11. The van der Waals surface area contributed by atoms with Crippen molar-refractivity contribution in [2.45, 2.75) is 26.2 Å². The Morgan fingerprint density at radius 1 is 1.26 bits per heavy atom. The fraction of sp³-hybridized carbons (Fsp3) is 0.533. The van der Waals surface area contributed by atoms with Crippen molar-refractivity contribution >= 4 is 5.97 Å². The summed E-state index contributed by atoms with van der Waals surface area (Å²) in [5.41, 5.74) is 0.921. The average Bonchev–Trinajstić information content (AvgIpc) is 2.43. The Morgan fingerprint density at radius 2 is 1.95 bits per heavy atom. The van der Waals surface area contributed by atoms with Crippen LogP contribution >= 0.6 is 0 Å². The highest BCUT2D eigenvalue weighted by atomic mass is 16.6. The van der Waals surface area contributed by atoms with E-state index in [-0.39, 0.29) is 11.9 Å². The average molecular weight is 264 g/mol. The van der Waals surface area contributed by atoms with Crippen LogP contribution in [0.4, 0.5) is 0 Å². The number of carbonyl (C=O) groups is 1. The summed E-state index contributed by atoms with van der Waals surface area (Å²) < 4.78 is 15.9. The van der Waals surface area contributed by atoms with E-state index < -0.39 is 0 Å². The van der Waals surface area contributed by atoms with Gasteiger partial charge in [-0.05, 0) is 30.0 Å². The second kappa shape index (κ2) is 5.95. The third-order valence-electron chi connectivity index (χ3n) is 3.16. The van der Waals surface area contributed by atoms with Crippen LogP contribution in [0.5, 0.6) is 11.5 Å². The van der Waals surface area contributed by atoms with E-state index in [1.807, 2.05) is 18.2 Å². The molecular formula is C15H20O4. The van der Waals surface area contributed by atoms with E-state index in [0.717, 1.165) is 17.7 Å². The Kier molecular flexibility index (Phi) is 4.30. The summed E-state index contributed by atoms with van der Waals surface area (Å²) in [6.45, 7) is 5.30. The third kappa shape index (κ3) is 3.19. The van der Waals surface area contributed by atoms with Crippen molar-refractivity contribution in [2.24, 2.45) is 5.92 Å². The van der Waals surface area contributed by atoms with Gasteiger partial charge in [0, 0.05) is 0 Å². The van der Waals surface area contributed by atoms with E-state index >= 15 is 0 Å². The molecule has 0 aliphatic carbocycles. The molecule has 0 bridgehead atoms. The van der Waals surface area contributed by atoms with Crippen LogP contribution in [0.2, 0.25) is 0 Å². The number of hydrogen-bond donors (Lipinski definition) is 0. The zero-order valence-corrected chi connectivity index (χ0v) is 11.6. The molecule has 1 atom stereocenters. The maximum Gasteiger partial charge on any atom is 0.313 e. The summed E-state index contributed by atoms with van der Waals surface area (Å²) in [6, 6.07) is 5.66. The van der Waals surface area contributed by atoms with Crippen LogP contribution in [0.1, 0.15) is 31.7 Å². The summed E-state index contributed by atoms with van der Waals surface area (Å²) >= 11 is 0. The molecule has 4 nitrogen and oxygen atoms in total. The molecule has 0 amide bonds. The number of hydrogen-bond acceptors (Lipinski definition) is 4. The van der Waals surface area contributed by atoms with Gasteiger partial charge in [-0.2, -0.15) is 0 Å². The summed E-state index contributed by atoms with van der Waals surface area (Å²) in [4.78, 5) is 11.9. The first-order valence-corrected chi connectivity index (χ1v) is 6.59. The van der Waals surface area contributed by atoms with Crippen LogP contribution in [0.3, 0.4) is 0 Å². The molecule has 0 radical (unpaired) electrons.